The van der Waals surface area contributed by atoms with Gasteiger partial charge in [0.05, 0.1) is 11.9 Å². The van der Waals surface area contributed by atoms with Crippen LogP contribution in [0.25, 0.3) is 5.69 Å². The molecule has 5 heteroatoms. The predicted octanol–water partition coefficient (Wildman–Crippen LogP) is 1.81. The van der Waals surface area contributed by atoms with Crippen molar-refractivity contribution in [2.75, 3.05) is 5.73 Å². The van der Waals surface area contributed by atoms with Gasteiger partial charge in [-0.15, -0.1) is 5.10 Å². The number of nitrogens with zero attached hydrogens (tertiary/aromatic N) is 2. The topological polar surface area (TPSA) is 64.1 Å². The van der Waals surface area contributed by atoms with Crippen LogP contribution in [0.5, 0.6) is 5.75 Å². The third-order valence-electron chi connectivity index (χ3n) is 1.79. The number of halogens is 1. The summed E-state index contributed by atoms with van der Waals surface area (Å²) in [5, 5.41) is 13.6. The van der Waals surface area contributed by atoms with Crippen molar-refractivity contribution in [2.24, 2.45) is 0 Å². The highest BCUT2D eigenvalue weighted by molar-refractivity contribution is 6.32. The minimum atomic E-state index is 0.174. The summed E-state index contributed by atoms with van der Waals surface area (Å²) in [4.78, 5) is 0. The quantitative estimate of drug-likeness (QED) is 0.753. The molecule has 2 rings (SSSR count). The number of aromatic hydroxyl groups is 1. The molecule has 4 nitrogen and oxygen atoms in total. The van der Waals surface area contributed by atoms with Crippen molar-refractivity contribution in [3.8, 4) is 11.4 Å². The third kappa shape index (κ3) is 1.52. The lowest BCUT2D eigenvalue weighted by molar-refractivity contribution is 0.475. The Bertz CT molecular complexity index is 447. The first kappa shape index (κ1) is 8.90. The smallest absolute Gasteiger partial charge is 0.164 e. The maximum atomic E-state index is 9.25. The zero-order chi connectivity index (χ0) is 10.1. The lowest BCUT2D eigenvalue weighted by atomic mass is 10.3. The van der Waals surface area contributed by atoms with Gasteiger partial charge in [-0.05, 0) is 12.1 Å². The van der Waals surface area contributed by atoms with Crippen molar-refractivity contribution >= 4 is 17.4 Å². The van der Waals surface area contributed by atoms with E-state index in [0.29, 0.717) is 10.7 Å². The second-order valence-corrected chi connectivity index (χ2v) is 3.23. The monoisotopic (exact) mass is 209 g/mol. The number of anilines is 1. The molecule has 0 atom stereocenters. The van der Waals surface area contributed by atoms with E-state index in [9.17, 15) is 5.11 Å². The van der Waals surface area contributed by atoms with Gasteiger partial charge in [0, 0.05) is 6.07 Å². The lowest BCUT2D eigenvalue weighted by Gasteiger charge is -2.00. The number of rotatable bonds is 1. The van der Waals surface area contributed by atoms with E-state index in [1.807, 2.05) is 0 Å². The van der Waals surface area contributed by atoms with E-state index in [1.165, 1.54) is 4.68 Å². The molecule has 0 fully saturated rings. The molecule has 0 amide bonds. The summed E-state index contributed by atoms with van der Waals surface area (Å²) in [6.07, 6.45) is 1.59. The summed E-state index contributed by atoms with van der Waals surface area (Å²) < 4.78 is 1.51. The molecule has 1 aromatic heterocycles. The van der Waals surface area contributed by atoms with Crippen LogP contribution in [0.15, 0.2) is 30.5 Å². The summed E-state index contributed by atoms with van der Waals surface area (Å²) in [7, 11) is 0. The van der Waals surface area contributed by atoms with E-state index < -0.39 is 0 Å². The molecule has 0 aliphatic heterocycles. The molecular weight excluding hydrogens is 202 g/mol. The largest absolute Gasteiger partial charge is 0.508 e. The van der Waals surface area contributed by atoms with E-state index in [0.717, 1.165) is 0 Å². The van der Waals surface area contributed by atoms with Crippen LogP contribution in [0.2, 0.25) is 5.02 Å². The van der Waals surface area contributed by atoms with Gasteiger partial charge in [0.2, 0.25) is 0 Å². The Balaban J connectivity index is 2.49. The molecule has 1 heterocycles. The molecule has 3 N–H and O–H groups in total. The van der Waals surface area contributed by atoms with Crippen molar-refractivity contribution < 1.29 is 5.11 Å². The minimum absolute atomic E-state index is 0.174. The van der Waals surface area contributed by atoms with Gasteiger partial charge in [-0.2, -0.15) is 0 Å². The van der Waals surface area contributed by atoms with Crippen LogP contribution in [-0.4, -0.2) is 14.9 Å². The van der Waals surface area contributed by atoms with Crippen molar-refractivity contribution in [3.05, 3.63) is 35.5 Å². The summed E-state index contributed by atoms with van der Waals surface area (Å²) in [5.41, 5.74) is 6.20. The Kier molecular flexibility index (Phi) is 2.05. The Morgan fingerprint density at radius 3 is 2.79 bits per heavy atom. The zero-order valence-corrected chi connectivity index (χ0v) is 7.94. The fourth-order valence-corrected chi connectivity index (χ4v) is 1.26. The molecule has 0 aliphatic carbocycles. The average Bonchev–Trinajstić information content (AvgIpc) is 2.47. The minimum Gasteiger partial charge on any atom is -0.508 e. The highest BCUT2D eigenvalue weighted by atomic mass is 35.5. The fraction of sp³-hybridized carbons (Fsp3) is 0. The first-order chi connectivity index (χ1) is 6.66. The van der Waals surface area contributed by atoms with Gasteiger partial charge in [0.1, 0.15) is 10.8 Å². The first-order valence-electron chi connectivity index (χ1n) is 3.97. The van der Waals surface area contributed by atoms with Crippen molar-refractivity contribution in [1.82, 2.24) is 9.78 Å². The molecular formula is C9H8ClN3O. The standard InChI is InChI=1S/C9H8ClN3O/c10-8-5-13(12-9(8)11)6-2-1-3-7(14)4-6/h1-5,14H,(H2,11,12). The fourth-order valence-electron chi connectivity index (χ4n) is 1.13. The van der Waals surface area contributed by atoms with Crippen LogP contribution in [0.3, 0.4) is 0 Å². The highest BCUT2D eigenvalue weighted by Gasteiger charge is 2.04. The lowest BCUT2D eigenvalue weighted by Crippen LogP contribution is -1.95. The van der Waals surface area contributed by atoms with Gasteiger partial charge >= 0.3 is 0 Å². The van der Waals surface area contributed by atoms with Crippen LogP contribution in [-0.2, 0) is 0 Å². The van der Waals surface area contributed by atoms with E-state index in [1.54, 1.807) is 30.5 Å². The molecule has 0 bridgehead atoms. The van der Waals surface area contributed by atoms with E-state index in [-0.39, 0.29) is 11.6 Å². The second kappa shape index (κ2) is 3.23. The van der Waals surface area contributed by atoms with E-state index in [4.69, 9.17) is 17.3 Å². The van der Waals surface area contributed by atoms with Crippen molar-refractivity contribution in [1.29, 1.82) is 0 Å². The molecule has 0 saturated carbocycles. The molecule has 1 aromatic carbocycles. The number of aromatic nitrogens is 2. The summed E-state index contributed by atoms with van der Waals surface area (Å²) in [5.74, 6) is 0.447. The number of benzene rings is 1. The van der Waals surface area contributed by atoms with Crippen LogP contribution >= 0.6 is 11.6 Å². The zero-order valence-electron chi connectivity index (χ0n) is 7.18. The molecule has 0 spiro atoms. The van der Waals surface area contributed by atoms with Crippen LogP contribution < -0.4 is 5.73 Å². The molecule has 72 valence electrons. The Morgan fingerprint density at radius 2 is 2.21 bits per heavy atom. The molecule has 0 radical (unpaired) electrons. The molecule has 2 aromatic rings. The average molecular weight is 210 g/mol. The van der Waals surface area contributed by atoms with Gasteiger partial charge in [-0.25, -0.2) is 4.68 Å². The summed E-state index contributed by atoms with van der Waals surface area (Å²) in [6, 6.07) is 6.67. The number of hydrogen-bond acceptors (Lipinski definition) is 3. The molecule has 0 saturated heterocycles. The predicted molar refractivity (Wildman–Crippen MR) is 54.7 cm³/mol. The SMILES string of the molecule is Nc1nn(-c2cccc(O)c2)cc1Cl. The van der Waals surface area contributed by atoms with Gasteiger partial charge < -0.3 is 10.8 Å². The second-order valence-electron chi connectivity index (χ2n) is 2.83. The summed E-state index contributed by atoms with van der Waals surface area (Å²) in [6.45, 7) is 0. The molecule has 0 aliphatic rings. The maximum Gasteiger partial charge on any atom is 0.164 e. The van der Waals surface area contributed by atoms with Crippen molar-refractivity contribution in [3.63, 3.8) is 0 Å². The molecule has 14 heavy (non-hydrogen) atoms. The maximum absolute atomic E-state index is 9.25. The van der Waals surface area contributed by atoms with Crippen LogP contribution in [0, 0.1) is 0 Å². The number of nitrogen functional groups attached to an aromatic ring is 1. The van der Waals surface area contributed by atoms with Crippen LogP contribution in [0.4, 0.5) is 5.82 Å². The van der Waals surface area contributed by atoms with Crippen molar-refractivity contribution in [2.45, 2.75) is 0 Å². The number of nitrogens with two attached hydrogens (primary N) is 1. The van der Waals surface area contributed by atoms with E-state index in [2.05, 4.69) is 5.10 Å². The Labute approximate surface area is 85.5 Å². The Morgan fingerprint density at radius 1 is 1.43 bits per heavy atom. The number of phenolic OH excluding ortho intramolecular Hbond substituents is 1. The van der Waals surface area contributed by atoms with Gasteiger partial charge in [-0.1, -0.05) is 17.7 Å². The number of phenols is 1. The first-order valence-corrected chi connectivity index (χ1v) is 4.34. The highest BCUT2D eigenvalue weighted by Crippen LogP contribution is 2.20. The normalized spacial score (nSPS) is 10.4. The van der Waals surface area contributed by atoms with Gasteiger partial charge in [0.15, 0.2) is 5.82 Å². The number of hydrogen-bond donors (Lipinski definition) is 2. The van der Waals surface area contributed by atoms with Gasteiger partial charge in [0.25, 0.3) is 0 Å². The third-order valence-corrected chi connectivity index (χ3v) is 2.08. The summed E-state index contributed by atoms with van der Waals surface area (Å²) >= 11 is 5.75. The van der Waals surface area contributed by atoms with E-state index >= 15 is 0 Å². The van der Waals surface area contributed by atoms with Gasteiger partial charge in [-0.3, -0.25) is 0 Å². The Hall–Kier alpha value is -1.68. The molecule has 0 unspecified atom stereocenters. The van der Waals surface area contributed by atoms with Crippen LogP contribution in [0.1, 0.15) is 0 Å².